The van der Waals surface area contributed by atoms with Crippen molar-refractivity contribution in [3.8, 4) is 0 Å². The number of rotatable bonds is 2. The molecule has 16 heavy (non-hydrogen) atoms. The number of piperidine rings is 1. The molecule has 86 valence electrons. The first kappa shape index (κ1) is 11.0. The molecule has 1 N–H and O–H groups in total. The van der Waals surface area contributed by atoms with E-state index < -0.39 is 0 Å². The van der Waals surface area contributed by atoms with Gasteiger partial charge in [0.25, 0.3) is 5.91 Å². The third kappa shape index (κ3) is 2.35. The molecule has 2 rings (SSSR count). The average Bonchev–Trinajstić information content (AvgIpc) is 2.39. The molecule has 0 spiro atoms. The lowest BCUT2D eigenvalue weighted by molar-refractivity contribution is 0.0963. The largest absolute Gasteiger partial charge is 0.372 e. The summed E-state index contributed by atoms with van der Waals surface area (Å²) in [5.74, 6) is -0.0230. The van der Waals surface area contributed by atoms with Crippen molar-refractivity contribution in [2.45, 2.75) is 19.3 Å². The Labute approximate surface area is 96.5 Å². The van der Waals surface area contributed by atoms with Crippen LogP contribution in [0.1, 0.15) is 29.6 Å². The van der Waals surface area contributed by atoms with Gasteiger partial charge in [0, 0.05) is 31.4 Å². The quantitative estimate of drug-likeness (QED) is 0.823. The van der Waals surface area contributed by atoms with Crippen molar-refractivity contribution in [2.24, 2.45) is 0 Å². The summed E-state index contributed by atoms with van der Waals surface area (Å²) >= 11 is 0. The minimum atomic E-state index is -0.0230. The van der Waals surface area contributed by atoms with E-state index >= 15 is 0 Å². The molecule has 1 aromatic carbocycles. The van der Waals surface area contributed by atoms with E-state index in [0.717, 1.165) is 18.7 Å². The average molecular weight is 218 g/mol. The standard InChI is InChI=1S/C13H18N2O/c1-14-13(16)11-5-7-12(8-6-11)15-9-3-2-4-10-15/h5-8H,2-4,9-10H2,1H3,(H,14,16). The molecule has 1 amide bonds. The Bertz CT molecular complexity index is 353. The second-order valence-corrected chi connectivity index (χ2v) is 4.17. The van der Waals surface area contributed by atoms with Crippen molar-refractivity contribution in [3.63, 3.8) is 0 Å². The fourth-order valence-corrected chi connectivity index (χ4v) is 2.12. The van der Waals surface area contributed by atoms with Crippen LogP contribution in [0.15, 0.2) is 24.3 Å². The first-order valence-electron chi connectivity index (χ1n) is 5.88. The maximum absolute atomic E-state index is 11.4. The summed E-state index contributed by atoms with van der Waals surface area (Å²) in [5.41, 5.74) is 1.95. The van der Waals surface area contributed by atoms with Crippen LogP contribution in [0.25, 0.3) is 0 Å². The van der Waals surface area contributed by atoms with E-state index in [1.54, 1.807) is 7.05 Å². The Kier molecular flexibility index (Phi) is 3.44. The summed E-state index contributed by atoms with van der Waals surface area (Å²) in [7, 11) is 1.65. The summed E-state index contributed by atoms with van der Waals surface area (Å²) in [6.45, 7) is 2.28. The highest BCUT2D eigenvalue weighted by molar-refractivity contribution is 5.94. The number of hydrogen-bond acceptors (Lipinski definition) is 2. The molecule has 1 heterocycles. The zero-order valence-corrected chi connectivity index (χ0v) is 9.70. The van der Waals surface area contributed by atoms with Crippen LogP contribution < -0.4 is 10.2 Å². The number of benzene rings is 1. The number of carbonyl (C=O) groups excluding carboxylic acids is 1. The zero-order valence-electron chi connectivity index (χ0n) is 9.70. The molecule has 1 aromatic rings. The molecule has 3 heteroatoms. The van der Waals surface area contributed by atoms with Crippen LogP contribution >= 0.6 is 0 Å². The second-order valence-electron chi connectivity index (χ2n) is 4.17. The van der Waals surface area contributed by atoms with E-state index in [-0.39, 0.29) is 5.91 Å². The number of amides is 1. The van der Waals surface area contributed by atoms with E-state index in [1.807, 2.05) is 24.3 Å². The van der Waals surface area contributed by atoms with Crippen LogP contribution in [0.2, 0.25) is 0 Å². The third-order valence-electron chi connectivity index (χ3n) is 3.08. The summed E-state index contributed by atoms with van der Waals surface area (Å²) in [6, 6.07) is 7.86. The molecular weight excluding hydrogens is 200 g/mol. The van der Waals surface area contributed by atoms with E-state index in [1.165, 1.54) is 24.9 Å². The fraction of sp³-hybridized carbons (Fsp3) is 0.462. The molecule has 0 aliphatic carbocycles. The molecule has 1 aliphatic heterocycles. The van der Waals surface area contributed by atoms with Gasteiger partial charge in [0.15, 0.2) is 0 Å². The minimum absolute atomic E-state index is 0.0230. The van der Waals surface area contributed by atoms with Crippen molar-refractivity contribution in [1.29, 1.82) is 0 Å². The number of nitrogens with one attached hydrogen (secondary N) is 1. The van der Waals surface area contributed by atoms with Crippen LogP contribution in [0.4, 0.5) is 5.69 Å². The molecule has 1 fully saturated rings. The monoisotopic (exact) mass is 218 g/mol. The SMILES string of the molecule is CNC(=O)c1ccc(N2CCCCC2)cc1. The molecular formula is C13H18N2O. The minimum Gasteiger partial charge on any atom is -0.372 e. The van der Waals surface area contributed by atoms with Crippen molar-refractivity contribution in [1.82, 2.24) is 5.32 Å². The van der Waals surface area contributed by atoms with Crippen LogP contribution in [0.5, 0.6) is 0 Å². The normalized spacial score (nSPS) is 15.9. The van der Waals surface area contributed by atoms with Crippen LogP contribution in [0, 0.1) is 0 Å². The predicted octanol–water partition coefficient (Wildman–Crippen LogP) is 2.04. The van der Waals surface area contributed by atoms with Crippen LogP contribution in [-0.4, -0.2) is 26.0 Å². The summed E-state index contributed by atoms with van der Waals surface area (Å²) in [6.07, 6.45) is 3.89. The highest BCUT2D eigenvalue weighted by atomic mass is 16.1. The number of nitrogens with zero attached hydrogens (tertiary/aromatic N) is 1. The lowest BCUT2D eigenvalue weighted by atomic mass is 10.1. The molecule has 3 nitrogen and oxygen atoms in total. The molecule has 0 saturated carbocycles. The van der Waals surface area contributed by atoms with Crippen LogP contribution in [0.3, 0.4) is 0 Å². The van der Waals surface area contributed by atoms with Gasteiger partial charge in [-0.15, -0.1) is 0 Å². The van der Waals surface area contributed by atoms with Gasteiger partial charge in [0.1, 0.15) is 0 Å². The van der Waals surface area contributed by atoms with E-state index in [0.29, 0.717) is 0 Å². The molecule has 0 radical (unpaired) electrons. The highest BCUT2D eigenvalue weighted by Crippen LogP contribution is 2.20. The van der Waals surface area contributed by atoms with Crippen molar-refractivity contribution < 1.29 is 4.79 Å². The van der Waals surface area contributed by atoms with E-state index in [2.05, 4.69) is 10.2 Å². The van der Waals surface area contributed by atoms with Gasteiger partial charge in [-0.1, -0.05) is 0 Å². The number of hydrogen-bond donors (Lipinski definition) is 1. The van der Waals surface area contributed by atoms with Crippen LogP contribution in [-0.2, 0) is 0 Å². The lowest BCUT2D eigenvalue weighted by Gasteiger charge is -2.28. The Balaban J connectivity index is 2.09. The predicted molar refractivity (Wildman–Crippen MR) is 65.9 cm³/mol. The summed E-state index contributed by atoms with van der Waals surface area (Å²) in [4.78, 5) is 13.8. The van der Waals surface area contributed by atoms with Crippen molar-refractivity contribution in [2.75, 3.05) is 25.0 Å². The van der Waals surface area contributed by atoms with Crippen molar-refractivity contribution in [3.05, 3.63) is 29.8 Å². The van der Waals surface area contributed by atoms with Gasteiger partial charge in [-0.05, 0) is 43.5 Å². The van der Waals surface area contributed by atoms with Gasteiger partial charge in [-0.25, -0.2) is 0 Å². The molecule has 0 aromatic heterocycles. The number of anilines is 1. The van der Waals surface area contributed by atoms with Gasteiger partial charge >= 0.3 is 0 Å². The fourth-order valence-electron chi connectivity index (χ4n) is 2.12. The van der Waals surface area contributed by atoms with Crippen molar-refractivity contribution >= 4 is 11.6 Å². The first-order chi connectivity index (χ1) is 7.81. The Morgan fingerprint density at radius 2 is 1.75 bits per heavy atom. The van der Waals surface area contributed by atoms with Gasteiger partial charge in [0.05, 0.1) is 0 Å². The smallest absolute Gasteiger partial charge is 0.251 e. The van der Waals surface area contributed by atoms with E-state index in [4.69, 9.17) is 0 Å². The van der Waals surface area contributed by atoms with Gasteiger partial charge in [-0.3, -0.25) is 4.79 Å². The molecule has 1 aliphatic rings. The van der Waals surface area contributed by atoms with E-state index in [9.17, 15) is 4.79 Å². The number of carbonyl (C=O) groups is 1. The molecule has 0 unspecified atom stereocenters. The Morgan fingerprint density at radius 1 is 1.12 bits per heavy atom. The van der Waals surface area contributed by atoms with Gasteiger partial charge < -0.3 is 10.2 Å². The summed E-state index contributed by atoms with van der Waals surface area (Å²) in [5, 5.41) is 2.63. The highest BCUT2D eigenvalue weighted by Gasteiger charge is 2.11. The molecule has 0 bridgehead atoms. The Hall–Kier alpha value is -1.51. The first-order valence-corrected chi connectivity index (χ1v) is 5.88. The zero-order chi connectivity index (χ0) is 11.4. The maximum Gasteiger partial charge on any atom is 0.251 e. The maximum atomic E-state index is 11.4. The Morgan fingerprint density at radius 3 is 2.31 bits per heavy atom. The lowest BCUT2D eigenvalue weighted by Crippen LogP contribution is -2.29. The molecule has 1 saturated heterocycles. The van der Waals surface area contributed by atoms with Gasteiger partial charge in [-0.2, -0.15) is 0 Å². The summed E-state index contributed by atoms with van der Waals surface area (Å²) < 4.78 is 0. The van der Waals surface area contributed by atoms with Gasteiger partial charge in [0.2, 0.25) is 0 Å². The second kappa shape index (κ2) is 5.01. The topological polar surface area (TPSA) is 32.3 Å². The molecule has 0 atom stereocenters. The third-order valence-corrected chi connectivity index (χ3v) is 3.08.